The molecule has 1 heterocycles. The van der Waals surface area contributed by atoms with Gasteiger partial charge in [-0.2, -0.15) is 0 Å². The van der Waals surface area contributed by atoms with Crippen molar-refractivity contribution >= 4 is 5.97 Å². The molecule has 0 unspecified atom stereocenters. The first-order valence-electron chi connectivity index (χ1n) is 6.68. The van der Waals surface area contributed by atoms with Gasteiger partial charge < -0.3 is 10.0 Å². The SMILES string of the molecule is O=C(O)CCC1CCN(CC2CCC2)CC1. The number of nitrogens with zero attached hydrogens (tertiary/aromatic N) is 1. The topological polar surface area (TPSA) is 40.5 Å². The summed E-state index contributed by atoms with van der Waals surface area (Å²) >= 11 is 0. The smallest absolute Gasteiger partial charge is 0.303 e. The maximum atomic E-state index is 10.5. The molecule has 0 aromatic rings. The minimum atomic E-state index is -0.642. The third-order valence-electron chi connectivity index (χ3n) is 4.21. The minimum Gasteiger partial charge on any atom is -0.481 e. The molecule has 1 saturated heterocycles. The highest BCUT2D eigenvalue weighted by atomic mass is 16.4. The maximum absolute atomic E-state index is 10.5. The van der Waals surface area contributed by atoms with Crippen LogP contribution < -0.4 is 0 Å². The van der Waals surface area contributed by atoms with Crippen LogP contribution in [-0.2, 0) is 4.79 Å². The van der Waals surface area contributed by atoms with Gasteiger partial charge in [-0.05, 0) is 57.0 Å². The molecular weight excluding hydrogens is 202 g/mol. The number of carbonyl (C=O) groups is 1. The van der Waals surface area contributed by atoms with Gasteiger partial charge in [0.1, 0.15) is 0 Å². The van der Waals surface area contributed by atoms with Gasteiger partial charge in [0.2, 0.25) is 0 Å². The van der Waals surface area contributed by atoms with E-state index < -0.39 is 5.97 Å². The molecule has 2 aliphatic rings. The van der Waals surface area contributed by atoms with Crippen molar-refractivity contribution < 1.29 is 9.90 Å². The van der Waals surface area contributed by atoms with Crippen LogP contribution in [0.5, 0.6) is 0 Å². The van der Waals surface area contributed by atoms with Gasteiger partial charge in [-0.15, -0.1) is 0 Å². The van der Waals surface area contributed by atoms with Crippen molar-refractivity contribution in [1.82, 2.24) is 4.90 Å². The summed E-state index contributed by atoms with van der Waals surface area (Å²) in [5.74, 6) is 0.987. The second-order valence-corrected chi connectivity index (χ2v) is 5.47. The summed E-state index contributed by atoms with van der Waals surface area (Å²) in [6.45, 7) is 3.69. The number of likely N-dealkylation sites (tertiary alicyclic amines) is 1. The maximum Gasteiger partial charge on any atom is 0.303 e. The van der Waals surface area contributed by atoms with Crippen LogP contribution in [0.25, 0.3) is 0 Å². The van der Waals surface area contributed by atoms with Gasteiger partial charge in [-0.25, -0.2) is 0 Å². The predicted molar refractivity (Wildman–Crippen MR) is 63.4 cm³/mol. The molecular formula is C13H23NO2. The Labute approximate surface area is 97.8 Å². The normalized spacial score (nSPS) is 24.2. The lowest BCUT2D eigenvalue weighted by Crippen LogP contribution is -2.38. The average molecular weight is 225 g/mol. The summed E-state index contributed by atoms with van der Waals surface area (Å²) in [4.78, 5) is 13.1. The molecule has 0 spiro atoms. The van der Waals surface area contributed by atoms with E-state index in [2.05, 4.69) is 4.90 Å². The van der Waals surface area contributed by atoms with Crippen molar-refractivity contribution in [3.8, 4) is 0 Å². The minimum absolute atomic E-state index is 0.354. The Morgan fingerprint density at radius 3 is 2.31 bits per heavy atom. The van der Waals surface area contributed by atoms with E-state index in [0.29, 0.717) is 12.3 Å². The Morgan fingerprint density at radius 2 is 1.81 bits per heavy atom. The van der Waals surface area contributed by atoms with Crippen LogP contribution in [0.15, 0.2) is 0 Å². The Balaban J connectivity index is 1.60. The zero-order chi connectivity index (χ0) is 11.4. The number of hydrogen-bond acceptors (Lipinski definition) is 2. The molecule has 0 aromatic heterocycles. The molecule has 2 fully saturated rings. The molecule has 2 rings (SSSR count). The van der Waals surface area contributed by atoms with E-state index in [9.17, 15) is 4.79 Å². The molecule has 0 bridgehead atoms. The Kier molecular flexibility index (Phi) is 4.22. The van der Waals surface area contributed by atoms with Crippen molar-refractivity contribution in [2.75, 3.05) is 19.6 Å². The van der Waals surface area contributed by atoms with Crippen LogP contribution in [0.1, 0.15) is 44.9 Å². The first-order chi connectivity index (χ1) is 7.74. The van der Waals surface area contributed by atoms with Gasteiger partial charge in [0, 0.05) is 13.0 Å². The van der Waals surface area contributed by atoms with Crippen LogP contribution in [0, 0.1) is 11.8 Å². The van der Waals surface area contributed by atoms with Crippen molar-refractivity contribution in [2.45, 2.75) is 44.9 Å². The molecule has 3 nitrogen and oxygen atoms in total. The van der Waals surface area contributed by atoms with Gasteiger partial charge in [0.05, 0.1) is 0 Å². The van der Waals surface area contributed by atoms with Crippen LogP contribution in [-0.4, -0.2) is 35.6 Å². The van der Waals surface area contributed by atoms with Gasteiger partial charge >= 0.3 is 5.97 Å². The van der Waals surface area contributed by atoms with Crippen molar-refractivity contribution in [1.29, 1.82) is 0 Å². The van der Waals surface area contributed by atoms with Gasteiger partial charge in [0.25, 0.3) is 0 Å². The number of aliphatic carboxylic acids is 1. The van der Waals surface area contributed by atoms with E-state index in [1.165, 1.54) is 51.7 Å². The molecule has 0 radical (unpaired) electrons. The van der Waals surface area contributed by atoms with Crippen LogP contribution >= 0.6 is 0 Å². The zero-order valence-corrected chi connectivity index (χ0v) is 10.0. The quantitative estimate of drug-likeness (QED) is 0.781. The Hall–Kier alpha value is -0.570. The molecule has 0 atom stereocenters. The third-order valence-corrected chi connectivity index (χ3v) is 4.21. The molecule has 1 saturated carbocycles. The van der Waals surface area contributed by atoms with E-state index >= 15 is 0 Å². The van der Waals surface area contributed by atoms with Crippen LogP contribution in [0.4, 0.5) is 0 Å². The summed E-state index contributed by atoms with van der Waals surface area (Å²) in [5.41, 5.74) is 0. The summed E-state index contributed by atoms with van der Waals surface area (Å²) in [5, 5.41) is 8.64. The van der Waals surface area contributed by atoms with E-state index in [1.54, 1.807) is 0 Å². The fourth-order valence-corrected chi connectivity index (χ4v) is 2.83. The summed E-state index contributed by atoms with van der Waals surface area (Å²) in [6, 6.07) is 0. The van der Waals surface area contributed by atoms with Crippen molar-refractivity contribution in [3.05, 3.63) is 0 Å². The van der Waals surface area contributed by atoms with E-state index in [-0.39, 0.29) is 0 Å². The average Bonchev–Trinajstić information content (AvgIpc) is 2.22. The van der Waals surface area contributed by atoms with Crippen molar-refractivity contribution in [2.24, 2.45) is 11.8 Å². The lowest BCUT2D eigenvalue weighted by Gasteiger charge is -2.36. The highest BCUT2D eigenvalue weighted by Gasteiger charge is 2.24. The molecule has 16 heavy (non-hydrogen) atoms. The summed E-state index contributed by atoms with van der Waals surface area (Å²) in [7, 11) is 0. The number of rotatable bonds is 5. The molecule has 0 amide bonds. The molecule has 1 aliphatic heterocycles. The van der Waals surface area contributed by atoms with E-state index in [1.807, 2.05) is 0 Å². The fraction of sp³-hybridized carbons (Fsp3) is 0.923. The van der Waals surface area contributed by atoms with Gasteiger partial charge in [-0.1, -0.05) is 6.42 Å². The highest BCUT2D eigenvalue weighted by molar-refractivity contribution is 5.66. The van der Waals surface area contributed by atoms with Crippen molar-refractivity contribution in [3.63, 3.8) is 0 Å². The second kappa shape index (κ2) is 5.67. The standard InChI is InChI=1S/C13H23NO2/c15-13(16)5-4-11-6-8-14(9-7-11)10-12-2-1-3-12/h11-12H,1-10H2,(H,15,16). The molecule has 1 aliphatic carbocycles. The molecule has 1 N–H and O–H groups in total. The van der Waals surface area contributed by atoms with E-state index in [4.69, 9.17) is 5.11 Å². The monoisotopic (exact) mass is 225 g/mol. The van der Waals surface area contributed by atoms with E-state index in [0.717, 1.165) is 12.3 Å². The molecule has 92 valence electrons. The van der Waals surface area contributed by atoms with Gasteiger partial charge in [0.15, 0.2) is 0 Å². The predicted octanol–water partition coefficient (Wildman–Crippen LogP) is 2.36. The highest BCUT2D eigenvalue weighted by Crippen LogP contribution is 2.29. The molecule has 3 heteroatoms. The van der Waals surface area contributed by atoms with Crippen LogP contribution in [0.3, 0.4) is 0 Å². The molecule has 0 aromatic carbocycles. The Bertz CT molecular complexity index is 230. The number of piperidine rings is 1. The number of carboxylic acids is 1. The van der Waals surface area contributed by atoms with Crippen LogP contribution in [0.2, 0.25) is 0 Å². The lowest BCUT2D eigenvalue weighted by atomic mass is 9.84. The Morgan fingerprint density at radius 1 is 1.12 bits per heavy atom. The second-order valence-electron chi connectivity index (χ2n) is 5.47. The first-order valence-corrected chi connectivity index (χ1v) is 6.68. The first kappa shape index (κ1) is 11.9. The van der Waals surface area contributed by atoms with Gasteiger partial charge in [-0.3, -0.25) is 4.79 Å². The summed E-state index contributed by atoms with van der Waals surface area (Å²) < 4.78 is 0. The number of hydrogen-bond donors (Lipinski definition) is 1. The third kappa shape index (κ3) is 3.48. The fourth-order valence-electron chi connectivity index (χ4n) is 2.83. The zero-order valence-electron chi connectivity index (χ0n) is 10.0. The lowest BCUT2D eigenvalue weighted by molar-refractivity contribution is -0.137. The number of carboxylic acid groups (broad SMARTS) is 1. The largest absolute Gasteiger partial charge is 0.481 e. The summed E-state index contributed by atoms with van der Waals surface area (Å²) in [6.07, 6.45) is 7.94.